The van der Waals surface area contributed by atoms with Crippen molar-refractivity contribution in [2.24, 2.45) is 0 Å². The Labute approximate surface area is 312 Å². The Morgan fingerprint density at radius 2 is 1.04 bits per heavy atom. The first kappa shape index (κ1) is 36.1. The van der Waals surface area contributed by atoms with Crippen molar-refractivity contribution >= 4 is 47.8 Å². The summed E-state index contributed by atoms with van der Waals surface area (Å²) >= 11 is 0. The Balaban J connectivity index is 0.000000689. The Morgan fingerprint density at radius 1 is 0.569 bits per heavy atom. The number of aromatic nitrogens is 3. The fourth-order valence-corrected chi connectivity index (χ4v) is 11.2. The largest absolute Gasteiger partial charge is 2.00 e. The zero-order valence-electron chi connectivity index (χ0n) is 28.0. The van der Waals surface area contributed by atoms with Crippen LogP contribution in [0.4, 0.5) is 4.39 Å². The number of rotatable bonds is 9. The van der Waals surface area contributed by atoms with Crippen molar-refractivity contribution in [3.8, 4) is 11.3 Å². The van der Waals surface area contributed by atoms with E-state index in [0.29, 0.717) is 11.3 Å². The fourth-order valence-electron chi connectivity index (χ4n) is 6.15. The Morgan fingerprint density at radius 3 is 1.51 bits per heavy atom. The molecule has 0 saturated heterocycles. The van der Waals surface area contributed by atoms with Crippen LogP contribution >= 0.6 is 15.8 Å². The van der Waals surface area contributed by atoms with Crippen LogP contribution < -0.4 is 32.0 Å². The Hall–Kier alpha value is -4.75. The van der Waals surface area contributed by atoms with E-state index < -0.39 is 15.8 Å². The molecule has 0 unspecified atom stereocenters. The minimum Gasteiger partial charge on any atom is -0.249 e. The van der Waals surface area contributed by atoms with E-state index in [1.807, 2.05) is 48.5 Å². The minimum atomic E-state index is -1.13. The number of benzene rings is 5. The van der Waals surface area contributed by atoms with Gasteiger partial charge in [0.2, 0.25) is 0 Å². The molecule has 1 aromatic heterocycles. The van der Waals surface area contributed by atoms with E-state index in [1.54, 1.807) is 12.1 Å². The van der Waals surface area contributed by atoms with E-state index >= 15 is 4.39 Å². The predicted octanol–water partition coefficient (Wildman–Crippen LogP) is 8.33. The summed E-state index contributed by atoms with van der Waals surface area (Å²) in [5.41, 5.74) is 3.16. The Bertz CT molecular complexity index is 2110. The van der Waals surface area contributed by atoms with Crippen LogP contribution in [0.2, 0.25) is 0 Å². The van der Waals surface area contributed by atoms with Gasteiger partial charge in [-0.2, -0.15) is 35.9 Å². The summed E-state index contributed by atoms with van der Waals surface area (Å²) in [6.45, 7) is 2.19. The summed E-state index contributed by atoms with van der Waals surface area (Å²) in [7, 11) is -1.95. The molecule has 252 valence electrons. The van der Waals surface area contributed by atoms with Gasteiger partial charge in [0.1, 0.15) is 11.5 Å². The van der Waals surface area contributed by atoms with Crippen LogP contribution in [0.1, 0.15) is 18.5 Å². The quantitative estimate of drug-likeness (QED) is 0.0847. The second kappa shape index (κ2) is 17.5. The molecule has 0 N–H and O–H groups in total. The van der Waals surface area contributed by atoms with Crippen molar-refractivity contribution in [2.45, 2.75) is 13.0 Å². The van der Waals surface area contributed by atoms with Crippen molar-refractivity contribution in [1.29, 1.82) is 0 Å². The third kappa shape index (κ3) is 8.10. The molecule has 0 amide bonds. The SMILES string of the molecule is C[C@@H](c1cc[cH-]c1P(c1ccccc1)c1ccccc1)n1nnc(-c2ccccc2F)c1P(c1ccccc1)c1ccccc1.[Fe+2].c1cc[cH-]c1. The number of halogens is 1. The van der Waals surface area contributed by atoms with Crippen molar-refractivity contribution in [1.82, 2.24) is 15.0 Å². The van der Waals surface area contributed by atoms with Crippen LogP contribution in [0.25, 0.3) is 11.3 Å². The number of nitrogens with zero attached hydrogens (tertiary/aromatic N) is 3. The summed E-state index contributed by atoms with van der Waals surface area (Å²) in [4.78, 5) is 0. The summed E-state index contributed by atoms with van der Waals surface area (Å²) in [5, 5.41) is 15.8. The van der Waals surface area contributed by atoms with Crippen molar-refractivity contribution in [2.75, 3.05) is 0 Å². The minimum absolute atomic E-state index is 0. The zero-order chi connectivity index (χ0) is 34.1. The molecule has 1 atom stereocenters. The first-order valence-corrected chi connectivity index (χ1v) is 19.3. The summed E-state index contributed by atoms with van der Waals surface area (Å²) < 4.78 is 17.5. The molecule has 0 aliphatic heterocycles. The molecule has 0 aliphatic rings. The molecule has 7 heteroatoms. The van der Waals surface area contributed by atoms with Gasteiger partial charge in [-0.25, -0.2) is 27.3 Å². The molecule has 51 heavy (non-hydrogen) atoms. The van der Waals surface area contributed by atoms with Crippen molar-refractivity contribution in [3.05, 3.63) is 206 Å². The van der Waals surface area contributed by atoms with Gasteiger partial charge in [-0.15, -0.1) is 10.4 Å². The smallest absolute Gasteiger partial charge is 0.249 e. The molecule has 0 saturated carbocycles. The topological polar surface area (TPSA) is 30.7 Å². The van der Waals surface area contributed by atoms with Crippen LogP contribution in [-0.2, 0) is 17.1 Å². The molecule has 0 bridgehead atoms. The maximum atomic E-state index is 15.5. The van der Waals surface area contributed by atoms with Crippen LogP contribution in [0.15, 0.2) is 194 Å². The second-order valence-electron chi connectivity index (χ2n) is 11.7. The van der Waals surface area contributed by atoms with Gasteiger partial charge in [0.05, 0.1) is 5.44 Å². The molecular weight excluding hydrogens is 707 g/mol. The summed E-state index contributed by atoms with van der Waals surface area (Å²) in [6, 6.07) is 65.8. The standard InChI is InChI=1S/C39H31FN3P2.C5H5.Fe/c1-29(34-26-16-28-37(34)44(30-17-6-2-7-18-30)31-19-8-3-9-20-31)43-39(38(41-42-43)35-25-14-15-27-36(35)40)45(32-21-10-4-11-22-32)33-23-12-5-13-24-33;1-2-4-5-3-1;/h2-29H,1H3;1-5H;/q2*-1;+2/t29-;;/m0../s1. The molecule has 0 radical (unpaired) electrons. The number of hydrogen-bond donors (Lipinski definition) is 0. The molecule has 0 spiro atoms. The molecule has 8 rings (SSSR count). The van der Waals surface area contributed by atoms with Crippen molar-refractivity contribution in [3.63, 3.8) is 0 Å². The predicted molar refractivity (Wildman–Crippen MR) is 211 cm³/mol. The normalized spacial score (nSPS) is 11.5. The monoisotopic (exact) mass is 743 g/mol. The van der Waals surface area contributed by atoms with Crippen LogP contribution in [-0.4, -0.2) is 15.0 Å². The first-order chi connectivity index (χ1) is 24.7. The van der Waals surface area contributed by atoms with E-state index in [2.05, 4.69) is 139 Å². The van der Waals surface area contributed by atoms with Gasteiger partial charge in [-0.05, 0) is 41.3 Å². The van der Waals surface area contributed by atoms with Gasteiger partial charge in [-0.1, -0.05) is 146 Å². The summed E-state index contributed by atoms with van der Waals surface area (Å²) in [6.07, 6.45) is 0. The maximum Gasteiger partial charge on any atom is 2.00 e. The third-order valence-electron chi connectivity index (χ3n) is 8.51. The van der Waals surface area contributed by atoms with E-state index in [4.69, 9.17) is 10.3 Å². The first-order valence-electron chi connectivity index (χ1n) is 16.6. The average molecular weight is 744 g/mol. The van der Waals surface area contributed by atoms with Gasteiger partial charge in [0.25, 0.3) is 0 Å². The third-order valence-corrected chi connectivity index (χ3v) is 13.5. The molecule has 8 aromatic rings. The number of hydrogen-bond acceptors (Lipinski definition) is 2. The van der Waals surface area contributed by atoms with E-state index in [-0.39, 0.29) is 28.9 Å². The molecular formula is C44H36FFeN3P2. The van der Waals surface area contributed by atoms with E-state index in [9.17, 15) is 0 Å². The van der Waals surface area contributed by atoms with Gasteiger partial charge in [-0.3, -0.25) is 0 Å². The van der Waals surface area contributed by atoms with Crippen molar-refractivity contribution < 1.29 is 21.5 Å². The van der Waals surface area contributed by atoms with E-state index in [1.165, 1.54) is 27.5 Å². The van der Waals surface area contributed by atoms with E-state index in [0.717, 1.165) is 16.0 Å². The zero-order valence-corrected chi connectivity index (χ0v) is 30.9. The fraction of sp³-hybridized carbons (Fsp3) is 0.0455. The van der Waals surface area contributed by atoms with Crippen LogP contribution in [0.5, 0.6) is 0 Å². The van der Waals surface area contributed by atoms with Gasteiger partial charge >= 0.3 is 17.1 Å². The van der Waals surface area contributed by atoms with Crippen LogP contribution in [0, 0.1) is 5.82 Å². The summed E-state index contributed by atoms with van der Waals surface area (Å²) in [5.74, 6) is -0.305. The van der Waals surface area contributed by atoms with Gasteiger partial charge < -0.3 is 0 Å². The average Bonchev–Trinajstić information content (AvgIpc) is 3.99. The molecule has 7 aromatic carbocycles. The maximum absolute atomic E-state index is 15.5. The Kier molecular flexibility index (Phi) is 12.3. The molecule has 3 nitrogen and oxygen atoms in total. The molecule has 0 fully saturated rings. The van der Waals surface area contributed by atoms with Gasteiger partial charge in [0.15, 0.2) is 0 Å². The van der Waals surface area contributed by atoms with Crippen LogP contribution in [0.3, 0.4) is 0 Å². The second-order valence-corrected chi connectivity index (χ2v) is 16.0. The van der Waals surface area contributed by atoms with Gasteiger partial charge in [0, 0.05) is 19.5 Å². The molecule has 0 aliphatic carbocycles. The molecule has 1 heterocycles.